The van der Waals surface area contributed by atoms with E-state index in [-0.39, 0.29) is 0 Å². The van der Waals surface area contributed by atoms with Crippen LogP contribution in [0.4, 0.5) is 0 Å². The van der Waals surface area contributed by atoms with E-state index in [0.717, 1.165) is 24.6 Å². The first-order valence-corrected chi connectivity index (χ1v) is 7.21. The van der Waals surface area contributed by atoms with Crippen LogP contribution < -0.4 is 5.32 Å². The molecule has 0 bridgehead atoms. The second-order valence-corrected chi connectivity index (χ2v) is 5.93. The Labute approximate surface area is 113 Å². The minimum atomic E-state index is 0.855. The Morgan fingerprint density at radius 1 is 1.28 bits per heavy atom. The van der Waals surface area contributed by atoms with Gasteiger partial charge in [0.25, 0.3) is 0 Å². The molecule has 4 heteroatoms. The van der Waals surface area contributed by atoms with Gasteiger partial charge in [0.05, 0.1) is 0 Å². The van der Waals surface area contributed by atoms with Crippen LogP contribution in [0.2, 0.25) is 0 Å². The molecule has 2 rings (SSSR count). The standard InChI is InChI=1S/C14H21N3S/c1-5-17-10(2)6-13(12(17)4)8-15-9-14-16-7-11(3)18-14/h6-7,15H,5,8-9H2,1-4H3. The van der Waals surface area contributed by atoms with Crippen molar-refractivity contribution in [2.75, 3.05) is 0 Å². The van der Waals surface area contributed by atoms with Gasteiger partial charge in [0.15, 0.2) is 0 Å². The van der Waals surface area contributed by atoms with Crippen molar-refractivity contribution < 1.29 is 0 Å². The molecule has 2 heterocycles. The van der Waals surface area contributed by atoms with Crippen molar-refractivity contribution in [1.29, 1.82) is 0 Å². The minimum absolute atomic E-state index is 0.855. The number of hydrogen-bond donors (Lipinski definition) is 1. The van der Waals surface area contributed by atoms with Crippen LogP contribution >= 0.6 is 11.3 Å². The monoisotopic (exact) mass is 263 g/mol. The summed E-state index contributed by atoms with van der Waals surface area (Å²) in [5.41, 5.74) is 4.11. The maximum atomic E-state index is 4.36. The molecule has 0 saturated heterocycles. The van der Waals surface area contributed by atoms with Gasteiger partial charge in [-0.3, -0.25) is 0 Å². The van der Waals surface area contributed by atoms with Crippen LogP contribution in [-0.4, -0.2) is 9.55 Å². The quantitative estimate of drug-likeness (QED) is 0.898. The lowest BCUT2D eigenvalue weighted by atomic mass is 10.2. The average Bonchev–Trinajstić information content (AvgIpc) is 2.85. The highest BCUT2D eigenvalue weighted by molar-refractivity contribution is 7.11. The summed E-state index contributed by atoms with van der Waals surface area (Å²) in [5, 5.41) is 4.64. The fourth-order valence-electron chi connectivity index (χ4n) is 2.33. The van der Waals surface area contributed by atoms with E-state index in [1.165, 1.54) is 21.8 Å². The molecule has 0 saturated carbocycles. The van der Waals surface area contributed by atoms with E-state index in [4.69, 9.17) is 0 Å². The van der Waals surface area contributed by atoms with Gasteiger partial charge in [-0.25, -0.2) is 4.98 Å². The highest BCUT2D eigenvalue weighted by atomic mass is 32.1. The predicted molar refractivity (Wildman–Crippen MR) is 77.0 cm³/mol. The van der Waals surface area contributed by atoms with E-state index in [0.29, 0.717) is 0 Å². The lowest BCUT2D eigenvalue weighted by molar-refractivity contribution is 0.673. The van der Waals surface area contributed by atoms with Crippen LogP contribution in [0.15, 0.2) is 12.3 Å². The molecule has 0 aromatic carbocycles. The zero-order chi connectivity index (χ0) is 13.1. The molecule has 0 aliphatic carbocycles. The van der Waals surface area contributed by atoms with Crippen molar-refractivity contribution in [2.45, 2.75) is 47.3 Å². The summed E-state index contributed by atoms with van der Waals surface area (Å²) in [6, 6.07) is 2.28. The summed E-state index contributed by atoms with van der Waals surface area (Å²) < 4.78 is 2.35. The summed E-state index contributed by atoms with van der Waals surface area (Å²) in [5.74, 6) is 0. The van der Waals surface area contributed by atoms with Crippen molar-refractivity contribution >= 4 is 11.3 Å². The molecule has 0 aliphatic heterocycles. The van der Waals surface area contributed by atoms with E-state index in [2.05, 4.69) is 48.6 Å². The lowest BCUT2D eigenvalue weighted by Crippen LogP contribution is -2.13. The highest BCUT2D eigenvalue weighted by Gasteiger charge is 2.07. The average molecular weight is 263 g/mol. The van der Waals surface area contributed by atoms with Gasteiger partial charge < -0.3 is 9.88 Å². The number of rotatable bonds is 5. The Morgan fingerprint density at radius 2 is 2.06 bits per heavy atom. The van der Waals surface area contributed by atoms with Crippen molar-refractivity contribution in [3.63, 3.8) is 0 Å². The molecule has 0 spiro atoms. The molecule has 1 N–H and O–H groups in total. The van der Waals surface area contributed by atoms with Crippen LogP contribution in [0.3, 0.4) is 0 Å². The largest absolute Gasteiger partial charge is 0.349 e. The number of aryl methyl sites for hydroxylation is 2. The van der Waals surface area contributed by atoms with E-state index in [1.807, 2.05) is 6.20 Å². The van der Waals surface area contributed by atoms with Gasteiger partial charge in [0.2, 0.25) is 0 Å². The molecule has 98 valence electrons. The molecular weight excluding hydrogens is 242 g/mol. The third kappa shape index (κ3) is 2.82. The number of hydrogen-bond acceptors (Lipinski definition) is 3. The third-order valence-corrected chi connectivity index (χ3v) is 4.17. The maximum absolute atomic E-state index is 4.36. The number of aromatic nitrogens is 2. The van der Waals surface area contributed by atoms with Gasteiger partial charge in [0, 0.05) is 42.1 Å². The Kier molecular flexibility index (Phi) is 4.19. The maximum Gasteiger partial charge on any atom is 0.107 e. The summed E-state index contributed by atoms with van der Waals surface area (Å²) in [7, 11) is 0. The molecule has 18 heavy (non-hydrogen) atoms. The first kappa shape index (κ1) is 13.3. The Morgan fingerprint density at radius 3 is 2.61 bits per heavy atom. The first-order chi connectivity index (χ1) is 8.61. The first-order valence-electron chi connectivity index (χ1n) is 6.39. The second kappa shape index (κ2) is 5.67. The van der Waals surface area contributed by atoms with Crippen LogP contribution in [0.1, 0.15) is 33.8 Å². The highest BCUT2D eigenvalue weighted by Crippen LogP contribution is 2.15. The zero-order valence-corrected chi connectivity index (χ0v) is 12.4. The fourth-order valence-corrected chi connectivity index (χ4v) is 3.08. The third-order valence-electron chi connectivity index (χ3n) is 3.26. The second-order valence-electron chi connectivity index (χ2n) is 4.61. The molecule has 0 fully saturated rings. The molecule has 0 amide bonds. The number of nitrogens with one attached hydrogen (secondary N) is 1. The van der Waals surface area contributed by atoms with E-state index in [1.54, 1.807) is 11.3 Å². The minimum Gasteiger partial charge on any atom is -0.349 e. The fraction of sp³-hybridized carbons (Fsp3) is 0.500. The van der Waals surface area contributed by atoms with Gasteiger partial charge >= 0.3 is 0 Å². The van der Waals surface area contributed by atoms with Crippen molar-refractivity contribution in [3.8, 4) is 0 Å². The molecule has 2 aromatic heterocycles. The Hall–Kier alpha value is -1.13. The molecule has 0 atom stereocenters. The van der Waals surface area contributed by atoms with Gasteiger partial charge in [-0.15, -0.1) is 11.3 Å². The molecular formula is C14H21N3S. The van der Waals surface area contributed by atoms with E-state index >= 15 is 0 Å². The Balaban J connectivity index is 1.94. The van der Waals surface area contributed by atoms with Gasteiger partial charge in [0.1, 0.15) is 5.01 Å². The van der Waals surface area contributed by atoms with E-state index < -0.39 is 0 Å². The molecule has 0 radical (unpaired) electrons. The SMILES string of the molecule is CCn1c(C)cc(CNCc2ncc(C)s2)c1C. The zero-order valence-electron chi connectivity index (χ0n) is 11.6. The van der Waals surface area contributed by atoms with Gasteiger partial charge in [-0.2, -0.15) is 0 Å². The van der Waals surface area contributed by atoms with Crippen LogP contribution in [-0.2, 0) is 19.6 Å². The topological polar surface area (TPSA) is 29.9 Å². The normalized spacial score (nSPS) is 11.1. The van der Waals surface area contributed by atoms with Gasteiger partial charge in [-0.05, 0) is 39.3 Å². The Bertz CT molecular complexity index is 525. The van der Waals surface area contributed by atoms with Crippen LogP contribution in [0.5, 0.6) is 0 Å². The predicted octanol–water partition coefficient (Wildman–Crippen LogP) is 3.18. The summed E-state index contributed by atoms with van der Waals surface area (Å²) in [6.45, 7) is 11.5. The van der Waals surface area contributed by atoms with Gasteiger partial charge in [-0.1, -0.05) is 0 Å². The lowest BCUT2D eigenvalue weighted by Gasteiger charge is -2.06. The summed E-state index contributed by atoms with van der Waals surface area (Å²) >= 11 is 1.76. The molecule has 3 nitrogen and oxygen atoms in total. The smallest absolute Gasteiger partial charge is 0.107 e. The van der Waals surface area contributed by atoms with Crippen molar-refractivity contribution in [1.82, 2.24) is 14.9 Å². The van der Waals surface area contributed by atoms with E-state index in [9.17, 15) is 0 Å². The van der Waals surface area contributed by atoms with Crippen LogP contribution in [0.25, 0.3) is 0 Å². The molecule has 0 aliphatic rings. The summed E-state index contributed by atoms with van der Waals surface area (Å²) in [4.78, 5) is 5.63. The number of nitrogens with zero attached hydrogens (tertiary/aromatic N) is 2. The van der Waals surface area contributed by atoms with Crippen molar-refractivity contribution in [3.05, 3.63) is 39.1 Å². The summed E-state index contributed by atoms with van der Waals surface area (Å²) in [6.07, 6.45) is 1.94. The van der Waals surface area contributed by atoms with Crippen LogP contribution in [0, 0.1) is 20.8 Å². The molecule has 0 unspecified atom stereocenters. The number of thiazole rings is 1. The van der Waals surface area contributed by atoms with Crippen molar-refractivity contribution in [2.24, 2.45) is 0 Å². The molecule has 2 aromatic rings.